The molecule has 0 spiro atoms. The van der Waals surface area contributed by atoms with Crippen molar-refractivity contribution in [1.29, 1.82) is 0 Å². The second-order valence-electron chi connectivity index (χ2n) is 4.66. The number of amides is 1. The van der Waals surface area contributed by atoms with Crippen molar-refractivity contribution >= 4 is 23.2 Å². The van der Waals surface area contributed by atoms with Gasteiger partial charge in [-0.25, -0.2) is 0 Å². The molecule has 1 saturated heterocycles. The van der Waals surface area contributed by atoms with Crippen LogP contribution in [0, 0.1) is 0 Å². The van der Waals surface area contributed by atoms with Gasteiger partial charge in [0.1, 0.15) is 0 Å². The van der Waals surface area contributed by atoms with Gasteiger partial charge in [0.05, 0.1) is 5.56 Å². The molecule has 1 aromatic carbocycles. The van der Waals surface area contributed by atoms with Crippen LogP contribution in [0.25, 0.3) is 0 Å². The third kappa shape index (κ3) is 3.15. The summed E-state index contributed by atoms with van der Waals surface area (Å²) in [7, 11) is 0. The van der Waals surface area contributed by atoms with E-state index in [9.17, 15) is 4.79 Å². The minimum absolute atomic E-state index is 0.257. The number of nitrogens with zero attached hydrogens (tertiary/aromatic N) is 2. The van der Waals surface area contributed by atoms with E-state index in [-0.39, 0.29) is 5.96 Å². The Morgan fingerprint density at radius 3 is 2.47 bits per heavy atom. The lowest BCUT2D eigenvalue weighted by atomic mass is 10.1. The van der Waals surface area contributed by atoms with Crippen LogP contribution in [-0.4, -0.2) is 25.0 Å². The van der Waals surface area contributed by atoms with E-state index in [1.165, 1.54) is 19.3 Å². The van der Waals surface area contributed by atoms with Gasteiger partial charge in [0, 0.05) is 24.5 Å². The molecule has 0 radical (unpaired) electrons. The molecule has 19 heavy (non-hydrogen) atoms. The minimum Gasteiger partial charge on any atom is -0.398 e. The molecule has 6 heteroatoms. The molecule has 0 bridgehead atoms. The third-order valence-electron chi connectivity index (χ3n) is 3.22. The van der Waals surface area contributed by atoms with Gasteiger partial charge in [0.2, 0.25) is 0 Å². The molecule has 0 aromatic heterocycles. The first-order valence-corrected chi connectivity index (χ1v) is 6.36. The molecular formula is C13H19N5O. The summed E-state index contributed by atoms with van der Waals surface area (Å²) in [6, 6.07) is 5.40. The number of carbonyl (C=O) groups excluding carboxylic acids is 1. The summed E-state index contributed by atoms with van der Waals surface area (Å²) >= 11 is 0. The fourth-order valence-corrected chi connectivity index (χ4v) is 2.26. The van der Waals surface area contributed by atoms with Gasteiger partial charge >= 0.3 is 0 Å². The highest BCUT2D eigenvalue weighted by Gasteiger charge is 2.15. The standard InChI is InChI=1S/C13H19N5O/c14-11-5-4-9(18-6-2-1-3-7-18)8-10(11)12(19)17-13(15)16/h4-5,8H,1-3,6-7,14H2,(H4,15,16,17,19). The van der Waals surface area contributed by atoms with Gasteiger partial charge in [-0.3, -0.25) is 4.79 Å². The third-order valence-corrected chi connectivity index (χ3v) is 3.22. The van der Waals surface area contributed by atoms with Crippen molar-refractivity contribution < 1.29 is 4.79 Å². The van der Waals surface area contributed by atoms with Crippen LogP contribution < -0.4 is 22.1 Å². The van der Waals surface area contributed by atoms with Crippen LogP contribution in [0.3, 0.4) is 0 Å². The van der Waals surface area contributed by atoms with Gasteiger partial charge in [0.15, 0.2) is 5.96 Å². The lowest BCUT2D eigenvalue weighted by molar-refractivity contribution is 0.100. The average molecular weight is 261 g/mol. The van der Waals surface area contributed by atoms with Gasteiger partial charge in [-0.2, -0.15) is 4.99 Å². The second kappa shape index (κ2) is 5.60. The Labute approximate surface area is 112 Å². The predicted molar refractivity (Wildman–Crippen MR) is 77.1 cm³/mol. The molecule has 1 aromatic rings. The Kier molecular flexibility index (Phi) is 3.89. The summed E-state index contributed by atoms with van der Waals surface area (Å²) in [6.07, 6.45) is 3.59. The molecule has 0 saturated carbocycles. The molecule has 0 unspecified atom stereocenters. The quantitative estimate of drug-likeness (QED) is 0.412. The van der Waals surface area contributed by atoms with E-state index in [0.29, 0.717) is 11.3 Å². The van der Waals surface area contributed by atoms with E-state index in [1.54, 1.807) is 12.1 Å². The second-order valence-corrected chi connectivity index (χ2v) is 4.66. The van der Waals surface area contributed by atoms with Crippen LogP contribution in [0.4, 0.5) is 11.4 Å². The maximum atomic E-state index is 11.9. The lowest BCUT2D eigenvalue weighted by Gasteiger charge is -2.29. The summed E-state index contributed by atoms with van der Waals surface area (Å²) in [5.74, 6) is -0.760. The van der Waals surface area contributed by atoms with Crippen molar-refractivity contribution in [2.75, 3.05) is 23.7 Å². The summed E-state index contributed by atoms with van der Waals surface area (Å²) in [5.41, 5.74) is 18.0. The fraction of sp³-hybridized carbons (Fsp3) is 0.385. The summed E-state index contributed by atoms with van der Waals surface area (Å²) in [4.78, 5) is 17.6. The average Bonchev–Trinajstić information content (AvgIpc) is 2.39. The summed E-state index contributed by atoms with van der Waals surface area (Å²) in [6.45, 7) is 2.00. The van der Waals surface area contributed by atoms with Crippen molar-refractivity contribution in [2.45, 2.75) is 19.3 Å². The number of nitrogens with two attached hydrogens (primary N) is 3. The van der Waals surface area contributed by atoms with E-state index >= 15 is 0 Å². The first kappa shape index (κ1) is 13.2. The topological polar surface area (TPSA) is 111 Å². The van der Waals surface area contributed by atoms with E-state index < -0.39 is 5.91 Å². The highest BCUT2D eigenvalue weighted by Crippen LogP contribution is 2.24. The zero-order valence-corrected chi connectivity index (χ0v) is 10.8. The van der Waals surface area contributed by atoms with Crippen LogP contribution >= 0.6 is 0 Å². The number of hydrogen-bond donors (Lipinski definition) is 3. The molecule has 1 amide bonds. The van der Waals surface area contributed by atoms with Gasteiger partial charge in [-0.1, -0.05) is 0 Å². The van der Waals surface area contributed by atoms with Gasteiger partial charge < -0.3 is 22.1 Å². The molecule has 1 aliphatic rings. The summed E-state index contributed by atoms with van der Waals surface area (Å²) in [5, 5.41) is 0. The number of hydrogen-bond acceptors (Lipinski definition) is 3. The monoisotopic (exact) mass is 261 g/mol. The number of aliphatic imine (C=N–C) groups is 1. The molecule has 2 rings (SSSR count). The Morgan fingerprint density at radius 1 is 1.16 bits per heavy atom. The van der Waals surface area contributed by atoms with E-state index in [2.05, 4.69) is 9.89 Å². The zero-order chi connectivity index (χ0) is 13.8. The molecule has 102 valence electrons. The van der Waals surface area contributed by atoms with Crippen LogP contribution in [-0.2, 0) is 0 Å². The Hall–Kier alpha value is -2.24. The zero-order valence-electron chi connectivity index (χ0n) is 10.8. The number of benzene rings is 1. The highest BCUT2D eigenvalue weighted by molar-refractivity contribution is 6.05. The first-order chi connectivity index (χ1) is 9.08. The van der Waals surface area contributed by atoms with Crippen LogP contribution in [0.15, 0.2) is 23.2 Å². The Balaban J connectivity index is 2.28. The molecule has 1 fully saturated rings. The van der Waals surface area contributed by atoms with Crippen molar-refractivity contribution in [1.82, 2.24) is 0 Å². The first-order valence-electron chi connectivity index (χ1n) is 6.36. The number of anilines is 2. The SMILES string of the molecule is NC(N)=NC(=O)c1cc(N2CCCCC2)ccc1N. The minimum atomic E-state index is -0.503. The number of nitrogen functional groups attached to an aromatic ring is 1. The van der Waals surface area contributed by atoms with Gasteiger partial charge in [0.25, 0.3) is 5.91 Å². The Morgan fingerprint density at radius 2 is 1.84 bits per heavy atom. The molecule has 0 aliphatic carbocycles. The van der Waals surface area contributed by atoms with Crippen molar-refractivity contribution in [3.63, 3.8) is 0 Å². The van der Waals surface area contributed by atoms with Gasteiger partial charge in [-0.05, 0) is 37.5 Å². The molecule has 6 nitrogen and oxygen atoms in total. The Bertz CT molecular complexity index is 502. The van der Waals surface area contributed by atoms with E-state index in [1.807, 2.05) is 6.07 Å². The van der Waals surface area contributed by atoms with E-state index in [0.717, 1.165) is 18.8 Å². The van der Waals surface area contributed by atoms with Crippen LogP contribution in [0.1, 0.15) is 29.6 Å². The number of piperidine rings is 1. The number of guanidine groups is 1. The number of rotatable bonds is 2. The van der Waals surface area contributed by atoms with Crippen molar-refractivity contribution in [2.24, 2.45) is 16.5 Å². The van der Waals surface area contributed by atoms with Crippen LogP contribution in [0.2, 0.25) is 0 Å². The molecule has 0 atom stereocenters. The van der Waals surface area contributed by atoms with Gasteiger partial charge in [-0.15, -0.1) is 0 Å². The molecule has 1 aliphatic heterocycles. The predicted octanol–water partition coefficient (Wildman–Crippen LogP) is 0.673. The normalized spacial score (nSPS) is 15.1. The van der Waals surface area contributed by atoms with Crippen molar-refractivity contribution in [3.05, 3.63) is 23.8 Å². The maximum absolute atomic E-state index is 11.9. The maximum Gasteiger partial charge on any atom is 0.282 e. The molecule has 1 heterocycles. The lowest BCUT2D eigenvalue weighted by Crippen LogP contribution is -2.29. The molecular weight excluding hydrogens is 242 g/mol. The fourth-order valence-electron chi connectivity index (χ4n) is 2.26. The van der Waals surface area contributed by atoms with Crippen LogP contribution in [0.5, 0.6) is 0 Å². The smallest absolute Gasteiger partial charge is 0.282 e. The largest absolute Gasteiger partial charge is 0.398 e. The van der Waals surface area contributed by atoms with E-state index in [4.69, 9.17) is 17.2 Å². The van der Waals surface area contributed by atoms with Crippen molar-refractivity contribution in [3.8, 4) is 0 Å². The highest BCUT2D eigenvalue weighted by atomic mass is 16.1. The summed E-state index contributed by atoms with van der Waals surface area (Å²) < 4.78 is 0. The molecule has 6 N–H and O–H groups in total. The number of carbonyl (C=O) groups is 1.